The van der Waals surface area contributed by atoms with E-state index in [4.69, 9.17) is 0 Å². The largest absolute Gasteiger partial charge is 0.298 e. The van der Waals surface area contributed by atoms with Gasteiger partial charge in [0.25, 0.3) is 0 Å². The van der Waals surface area contributed by atoms with E-state index in [-0.39, 0.29) is 0 Å². The van der Waals surface area contributed by atoms with E-state index in [2.05, 4.69) is 44.4 Å². The summed E-state index contributed by atoms with van der Waals surface area (Å²) < 4.78 is 0. The Morgan fingerprint density at radius 3 is 2.21 bits per heavy atom. The Bertz CT molecular complexity index is 275. The third-order valence-electron chi connectivity index (χ3n) is 6.08. The molecule has 2 heteroatoms. The van der Waals surface area contributed by atoms with Gasteiger partial charge in [0.2, 0.25) is 0 Å². The molecule has 0 radical (unpaired) electrons. The average molecular weight is 266 g/mol. The summed E-state index contributed by atoms with van der Waals surface area (Å²) in [5, 5.41) is 0. The molecule has 0 bridgehead atoms. The summed E-state index contributed by atoms with van der Waals surface area (Å²) in [5.74, 6) is 0.769. The fourth-order valence-electron chi connectivity index (χ4n) is 4.52. The lowest BCUT2D eigenvalue weighted by Gasteiger charge is -2.54. The van der Waals surface area contributed by atoms with Crippen LogP contribution < -0.4 is 0 Å². The number of piperazine rings is 1. The molecule has 2 unspecified atom stereocenters. The predicted molar refractivity (Wildman–Crippen MR) is 83.5 cm³/mol. The van der Waals surface area contributed by atoms with Gasteiger partial charge in [0.15, 0.2) is 0 Å². The van der Waals surface area contributed by atoms with E-state index in [9.17, 15) is 0 Å². The molecule has 2 heterocycles. The molecule has 0 N–H and O–H groups in total. The molecule has 2 atom stereocenters. The van der Waals surface area contributed by atoms with Crippen molar-refractivity contribution in [2.75, 3.05) is 19.6 Å². The van der Waals surface area contributed by atoms with Crippen LogP contribution >= 0.6 is 0 Å². The van der Waals surface area contributed by atoms with Crippen LogP contribution in [-0.2, 0) is 0 Å². The van der Waals surface area contributed by atoms with Crippen LogP contribution in [-0.4, -0.2) is 47.1 Å². The topological polar surface area (TPSA) is 6.48 Å². The highest BCUT2D eigenvalue weighted by Gasteiger charge is 2.44. The van der Waals surface area contributed by atoms with E-state index in [1.807, 2.05) is 0 Å². The van der Waals surface area contributed by atoms with Gasteiger partial charge in [0, 0.05) is 30.7 Å². The maximum Gasteiger partial charge on any atom is 0.0252 e. The molecule has 0 aromatic rings. The number of fused-ring (bicyclic) bond motifs is 1. The Balaban J connectivity index is 2.23. The lowest BCUT2D eigenvalue weighted by Crippen LogP contribution is -2.65. The van der Waals surface area contributed by atoms with Crippen LogP contribution in [0.2, 0.25) is 0 Å². The van der Waals surface area contributed by atoms with Crippen LogP contribution in [0, 0.1) is 5.92 Å². The average Bonchev–Trinajstić information content (AvgIpc) is 2.87. The molecule has 19 heavy (non-hydrogen) atoms. The summed E-state index contributed by atoms with van der Waals surface area (Å²) in [6, 6.07) is 1.60. The first-order chi connectivity index (χ1) is 9.07. The number of nitrogens with zero attached hydrogens (tertiary/aromatic N) is 2. The van der Waals surface area contributed by atoms with Gasteiger partial charge in [-0.15, -0.1) is 0 Å². The molecule has 0 spiro atoms. The van der Waals surface area contributed by atoms with Crippen molar-refractivity contribution in [3.05, 3.63) is 0 Å². The summed E-state index contributed by atoms with van der Waals surface area (Å²) in [7, 11) is 0. The fourth-order valence-corrected chi connectivity index (χ4v) is 4.52. The second kappa shape index (κ2) is 6.13. The van der Waals surface area contributed by atoms with Crippen molar-refractivity contribution in [3.63, 3.8) is 0 Å². The minimum Gasteiger partial charge on any atom is -0.298 e. The summed E-state index contributed by atoms with van der Waals surface area (Å²) in [6.07, 6.45) is 6.75. The first-order valence-electron chi connectivity index (χ1n) is 8.58. The SMILES string of the molecule is CCC(CC)(CC)N1CC2CCCN2CC1C(C)C. The van der Waals surface area contributed by atoms with Gasteiger partial charge in [-0.1, -0.05) is 34.6 Å². The third kappa shape index (κ3) is 2.71. The Morgan fingerprint density at radius 1 is 1.05 bits per heavy atom. The van der Waals surface area contributed by atoms with Crippen molar-refractivity contribution < 1.29 is 0 Å². The first-order valence-corrected chi connectivity index (χ1v) is 8.58. The summed E-state index contributed by atoms with van der Waals surface area (Å²) in [4.78, 5) is 5.69. The molecule has 0 amide bonds. The maximum atomic E-state index is 2.92. The molecule has 2 saturated heterocycles. The minimum atomic E-state index is 0.448. The maximum absolute atomic E-state index is 2.92. The monoisotopic (exact) mass is 266 g/mol. The van der Waals surface area contributed by atoms with E-state index >= 15 is 0 Å². The standard InChI is InChI=1S/C17H34N2/c1-6-17(7-2,8-3)19-12-15-10-9-11-18(15)13-16(19)14(4)5/h14-16H,6-13H2,1-5H3. The molecule has 0 aliphatic carbocycles. The van der Waals surface area contributed by atoms with Gasteiger partial charge in [-0.2, -0.15) is 0 Å². The highest BCUT2D eigenvalue weighted by atomic mass is 15.3. The van der Waals surface area contributed by atoms with Crippen LogP contribution in [0.5, 0.6) is 0 Å². The van der Waals surface area contributed by atoms with Crippen LogP contribution in [0.25, 0.3) is 0 Å². The van der Waals surface area contributed by atoms with Gasteiger partial charge in [0.05, 0.1) is 0 Å². The quantitative estimate of drug-likeness (QED) is 0.747. The van der Waals surface area contributed by atoms with Gasteiger partial charge < -0.3 is 0 Å². The van der Waals surface area contributed by atoms with Gasteiger partial charge >= 0.3 is 0 Å². The van der Waals surface area contributed by atoms with Crippen LogP contribution in [0.1, 0.15) is 66.7 Å². The van der Waals surface area contributed by atoms with Crippen molar-refractivity contribution in [3.8, 4) is 0 Å². The molecule has 2 aliphatic rings. The fraction of sp³-hybridized carbons (Fsp3) is 1.00. The van der Waals surface area contributed by atoms with Gasteiger partial charge in [-0.05, 0) is 44.6 Å². The van der Waals surface area contributed by atoms with Gasteiger partial charge in [-0.3, -0.25) is 9.80 Å². The smallest absolute Gasteiger partial charge is 0.0252 e. The molecular formula is C17H34N2. The molecule has 2 fully saturated rings. The van der Waals surface area contributed by atoms with Crippen molar-refractivity contribution >= 4 is 0 Å². The van der Waals surface area contributed by atoms with E-state index in [0.29, 0.717) is 5.54 Å². The Labute approximate surface area is 120 Å². The molecule has 0 aromatic heterocycles. The summed E-state index contributed by atoms with van der Waals surface area (Å²) in [6.45, 7) is 16.0. The van der Waals surface area contributed by atoms with E-state index in [1.165, 1.54) is 51.7 Å². The Kier molecular flexibility index (Phi) is 4.94. The first kappa shape index (κ1) is 15.3. The van der Waals surface area contributed by atoms with Crippen LogP contribution in [0.15, 0.2) is 0 Å². The van der Waals surface area contributed by atoms with E-state index in [0.717, 1.165) is 18.0 Å². The van der Waals surface area contributed by atoms with E-state index in [1.54, 1.807) is 0 Å². The van der Waals surface area contributed by atoms with E-state index < -0.39 is 0 Å². The van der Waals surface area contributed by atoms with Crippen molar-refractivity contribution in [1.29, 1.82) is 0 Å². The molecule has 2 aliphatic heterocycles. The Hall–Kier alpha value is -0.0800. The minimum absolute atomic E-state index is 0.448. The van der Waals surface area contributed by atoms with Crippen LogP contribution in [0.3, 0.4) is 0 Å². The lowest BCUT2D eigenvalue weighted by atomic mass is 9.82. The number of hydrogen-bond donors (Lipinski definition) is 0. The van der Waals surface area contributed by atoms with Gasteiger partial charge in [-0.25, -0.2) is 0 Å². The zero-order valence-corrected chi connectivity index (χ0v) is 13.8. The second-order valence-electron chi connectivity index (χ2n) is 7.04. The van der Waals surface area contributed by atoms with Crippen LogP contribution in [0.4, 0.5) is 0 Å². The molecule has 112 valence electrons. The number of hydrogen-bond acceptors (Lipinski definition) is 2. The third-order valence-corrected chi connectivity index (χ3v) is 6.08. The normalized spacial score (nSPS) is 30.0. The van der Waals surface area contributed by atoms with Gasteiger partial charge in [0.1, 0.15) is 0 Å². The highest BCUT2D eigenvalue weighted by Crippen LogP contribution is 2.37. The zero-order valence-electron chi connectivity index (χ0n) is 13.8. The molecular weight excluding hydrogens is 232 g/mol. The van der Waals surface area contributed by atoms with Crippen molar-refractivity contribution in [1.82, 2.24) is 9.80 Å². The van der Waals surface area contributed by atoms with Crippen molar-refractivity contribution in [2.24, 2.45) is 5.92 Å². The zero-order chi connectivity index (χ0) is 14.0. The lowest BCUT2D eigenvalue weighted by molar-refractivity contribution is -0.0530. The number of rotatable bonds is 5. The highest BCUT2D eigenvalue weighted by molar-refractivity contribution is 5.00. The summed E-state index contributed by atoms with van der Waals surface area (Å²) >= 11 is 0. The molecule has 0 saturated carbocycles. The predicted octanol–water partition coefficient (Wildman–Crippen LogP) is 3.76. The molecule has 0 aromatic carbocycles. The molecule has 2 rings (SSSR count). The Morgan fingerprint density at radius 2 is 1.68 bits per heavy atom. The second-order valence-corrected chi connectivity index (χ2v) is 7.04. The van der Waals surface area contributed by atoms with Crippen molar-refractivity contribution in [2.45, 2.75) is 84.3 Å². The summed E-state index contributed by atoms with van der Waals surface area (Å²) in [5.41, 5.74) is 0.448. The molecule has 2 nitrogen and oxygen atoms in total.